The highest BCUT2D eigenvalue weighted by molar-refractivity contribution is 6.29. The lowest BCUT2D eigenvalue weighted by molar-refractivity contribution is -0.573. The van der Waals surface area contributed by atoms with Gasteiger partial charge in [-0.3, -0.25) is 25.2 Å². The number of nitrogens with zero attached hydrogens (tertiary/aromatic N) is 8. The minimum absolute atomic E-state index is 0.0647. The molecule has 0 radical (unpaired) electrons. The van der Waals surface area contributed by atoms with Gasteiger partial charge in [-0.15, -0.1) is 0 Å². The number of nitro groups is 2. The van der Waals surface area contributed by atoms with Crippen LogP contribution in [0.2, 0.25) is 10.3 Å². The number of halogens is 2. The number of amidine groups is 1. The molecule has 0 aliphatic carbocycles. The molecule has 3 atom stereocenters. The van der Waals surface area contributed by atoms with Gasteiger partial charge in [-0.2, -0.15) is 0 Å². The van der Waals surface area contributed by atoms with E-state index in [0.29, 0.717) is 23.4 Å². The average molecular weight is 665 g/mol. The Morgan fingerprint density at radius 1 is 0.848 bits per heavy atom. The summed E-state index contributed by atoms with van der Waals surface area (Å²) in [7, 11) is 0. The largest absolute Gasteiger partial charge is 0.468 e. The molecule has 1 fully saturated rings. The number of hydrogen-bond donors (Lipinski definition) is 0. The molecule has 3 aliphatic heterocycles. The predicted molar refractivity (Wildman–Crippen MR) is 165 cm³/mol. The number of rotatable bonds is 9. The number of aromatic nitrogens is 2. The molecule has 1 saturated heterocycles. The third-order valence-electron chi connectivity index (χ3n) is 8.61. The van der Waals surface area contributed by atoms with Gasteiger partial charge in [-0.05, 0) is 47.5 Å². The fourth-order valence-electron chi connectivity index (χ4n) is 6.88. The molecule has 0 N–H and O–H groups in total. The van der Waals surface area contributed by atoms with Crippen LogP contribution < -0.4 is 0 Å². The fraction of sp³-hybridized carbons (Fsp3) is 0.300. The molecular weight excluding hydrogens is 639 g/mol. The monoisotopic (exact) mass is 664 g/mol. The van der Waals surface area contributed by atoms with Crippen LogP contribution in [-0.4, -0.2) is 72.1 Å². The van der Waals surface area contributed by atoms with Crippen molar-refractivity contribution < 1.29 is 18.7 Å². The molecule has 7 heterocycles. The average Bonchev–Trinajstić information content (AvgIpc) is 3.87. The van der Waals surface area contributed by atoms with E-state index in [1.54, 1.807) is 64.7 Å². The van der Waals surface area contributed by atoms with Gasteiger partial charge in [0, 0.05) is 50.0 Å². The summed E-state index contributed by atoms with van der Waals surface area (Å²) >= 11 is 12.0. The highest BCUT2D eigenvalue weighted by atomic mass is 35.5. The van der Waals surface area contributed by atoms with Crippen LogP contribution in [0.1, 0.15) is 34.6 Å². The molecule has 7 rings (SSSR count). The first-order valence-corrected chi connectivity index (χ1v) is 15.2. The predicted octanol–water partition coefficient (Wildman–Crippen LogP) is 5.00. The number of pyridine rings is 2. The van der Waals surface area contributed by atoms with Crippen LogP contribution in [-0.2, 0) is 13.1 Å². The summed E-state index contributed by atoms with van der Waals surface area (Å²) < 4.78 is 11.8. The van der Waals surface area contributed by atoms with Crippen molar-refractivity contribution in [1.82, 2.24) is 24.7 Å². The van der Waals surface area contributed by atoms with E-state index in [9.17, 15) is 20.2 Å². The van der Waals surface area contributed by atoms with Gasteiger partial charge in [0.2, 0.25) is 0 Å². The zero-order valence-electron chi connectivity index (χ0n) is 24.1. The Balaban J connectivity index is 1.46. The third kappa shape index (κ3) is 4.84. The van der Waals surface area contributed by atoms with E-state index < -0.39 is 27.3 Å². The van der Waals surface area contributed by atoms with Crippen molar-refractivity contribution in [3.63, 3.8) is 0 Å². The number of hydrogen-bond acceptors (Lipinski definition) is 12. The zero-order valence-corrected chi connectivity index (χ0v) is 25.6. The van der Waals surface area contributed by atoms with Crippen molar-refractivity contribution in [3.8, 4) is 0 Å². The first-order chi connectivity index (χ1) is 22.3. The lowest BCUT2D eigenvalue weighted by atomic mass is 9.69. The Bertz CT molecular complexity index is 1810. The van der Waals surface area contributed by atoms with Gasteiger partial charge >= 0.3 is 11.2 Å². The molecule has 236 valence electrons. The number of fused-ring (bicyclic) bond motifs is 1. The minimum Gasteiger partial charge on any atom is -0.468 e. The molecule has 0 amide bonds. The lowest BCUT2D eigenvalue weighted by Crippen LogP contribution is -2.66. The lowest BCUT2D eigenvalue weighted by Gasteiger charge is -2.46. The molecular formula is C30H26Cl2N8O6. The highest BCUT2D eigenvalue weighted by Crippen LogP contribution is 2.56. The van der Waals surface area contributed by atoms with Gasteiger partial charge in [0.15, 0.2) is 23.6 Å². The van der Waals surface area contributed by atoms with Crippen molar-refractivity contribution >= 4 is 29.0 Å². The molecule has 14 nitrogen and oxygen atoms in total. The van der Waals surface area contributed by atoms with E-state index in [-0.39, 0.29) is 55.1 Å². The summed E-state index contributed by atoms with van der Waals surface area (Å²) in [6.45, 7) is 1.66. The maximum atomic E-state index is 14.0. The molecule has 0 spiro atoms. The third-order valence-corrected chi connectivity index (χ3v) is 9.05. The number of furan rings is 2. The Hall–Kier alpha value is -4.95. The molecule has 0 aromatic carbocycles. The minimum atomic E-state index is -2.24. The summed E-state index contributed by atoms with van der Waals surface area (Å²) in [5, 5.41) is 27.9. The van der Waals surface area contributed by atoms with Crippen molar-refractivity contribution in [2.24, 2.45) is 4.99 Å². The van der Waals surface area contributed by atoms with E-state index in [0.717, 1.165) is 11.1 Å². The van der Waals surface area contributed by atoms with E-state index >= 15 is 0 Å². The molecule has 0 unspecified atom stereocenters. The van der Waals surface area contributed by atoms with E-state index in [1.165, 1.54) is 18.6 Å². The molecule has 3 aliphatic rings. The van der Waals surface area contributed by atoms with Gasteiger partial charge < -0.3 is 23.5 Å². The quantitative estimate of drug-likeness (QED) is 0.134. The van der Waals surface area contributed by atoms with Crippen LogP contribution in [0.4, 0.5) is 0 Å². The van der Waals surface area contributed by atoms with E-state index in [4.69, 9.17) is 37.0 Å². The van der Waals surface area contributed by atoms with Gasteiger partial charge in [0.1, 0.15) is 21.8 Å². The van der Waals surface area contributed by atoms with Gasteiger partial charge in [0.05, 0.1) is 24.0 Å². The van der Waals surface area contributed by atoms with Crippen LogP contribution >= 0.6 is 23.2 Å². The molecule has 16 heteroatoms. The van der Waals surface area contributed by atoms with Crippen LogP contribution in [0.15, 0.2) is 98.8 Å². The van der Waals surface area contributed by atoms with Crippen molar-refractivity contribution in [2.75, 3.05) is 26.2 Å². The number of aliphatic imine (C=N–C) groups is 1. The Morgan fingerprint density at radius 3 is 2.02 bits per heavy atom. The summed E-state index contributed by atoms with van der Waals surface area (Å²) in [6, 6.07) is 12.1. The maximum Gasteiger partial charge on any atom is 0.325 e. The van der Waals surface area contributed by atoms with Gasteiger partial charge in [-0.25, -0.2) is 9.97 Å². The second-order valence-corrected chi connectivity index (χ2v) is 11.9. The topological polar surface area (TPSA) is 160 Å². The second-order valence-electron chi connectivity index (χ2n) is 11.1. The Morgan fingerprint density at radius 2 is 1.48 bits per heavy atom. The van der Waals surface area contributed by atoms with Gasteiger partial charge in [-0.1, -0.05) is 35.3 Å². The van der Waals surface area contributed by atoms with E-state index in [1.807, 2.05) is 4.90 Å². The SMILES string of the molecule is O=[N+]([O-])C1=C2N(Cc3ccc(Cl)nc3)CCN2[C@H](c2ccco2)[C@@](C2=NCCN2Cc2ccc(Cl)nc2)([N+](=O)[O-])[C@@H]1c1ccco1. The van der Waals surface area contributed by atoms with Gasteiger partial charge in [0.25, 0.3) is 0 Å². The van der Waals surface area contributed by atoms with Crippen LogP contribution in [0.5, 0.6) is 0 Å². The standard InChI is InChI=1S/C30H26Cl2N8O6/c31-23-7-5-19(15-34-23)17-36-11-12-38-27(22-4-2-14-46-22)30(40(43)44,25(21-3-1-13-45-21)26(28(36)38)39(41)42)29-33-9-10-37(29)18-20-6-8-24(32)35-16-20/h1-8,13-16,25,27H,9-12,17-18H2/t25-,27-,30+/m1/s1. The smallest absolute Gasteiger partial charge is 0.325 e. The Kier molecular flexibility index (Phi) is 7.61. The van der Waals surface area contributed by atoms with Crippen molar-refractivity contribution in [2.45, 2.75) is 30.6 Å². The fourth-order valence-corrected chi connectivity index (χ4v) is 7.10. The summed E-state index contributed by atoms with van der Waals surface area (Å²) in [5.74, 6) is -0.831. The molecule has 4 aromatic heterocycles. The summed E-state index contributed by atoms with van der Waals surface area (Å²) in [4.78, 5) is 44.6. The normalized spacial score (nSPS) is 22.7. The van der Waals surface area contributed by atoms with Crippen LogP contribution in [0.25, 0.3) is 0 Å². The molecule has 0 saturated carbocycles. The maximum absolute atomic E-state index is 14.0. The first-order valence-electron chi connectivity index (χ1n) is 14.4. The molecule has 46 heavy (non-hydrogen) atoms. The van der Waals surface area contributed by atoms with Crippen molar-refractivity contribution in [3.05, 3.63) is 138 Å². The highest BCUT2D eigenvalue weighted by Gasteiger charge is 2.75. The molecule has 0 bridgehead atoms. The summed E-state index contributed by atoms with van der Waals surface area (Å²) in [6.07, 6.45) is 5.99. The van der Waals surface area contributed by atoms with Crippen LogP contribution in [0, 0.1) is 20.2 Å². The van der Waals surface area contributed by atoms with Crippen molar-refractivity contribution in [1.29, 1.82) is 0 Å². The molecule has 4 aromatic rings. The van der Waals surface area contributed by atoms with E-state index in [2.05, 4.69) is 9.97 Å². The Labute approximate surface area is 271 Å². The summed E-state index contributed by atoms with van der Waals surface area (Å²) in [5.41, 5.74) is -1.10. The zero-order chi connectivity index (χ0) is 32.0. The second kappa shape index (κ2) is 11.8. The van der Waals surface area contributed by atoms with Crippen LogP contribution in [0.3, 0.4) is 0 Å². The first kappa shape index (κ1) is 29.7.